The minimum absolute atomic E-state index is 0.258. The van der Waals surface area contributed by atoms with Crippen LogP contribution in [0, 0.1) is 0 Å². The van der Waals surface area contributed by atoms with Crippen molar-refractivity contribution in [3.8, 4) is 11.8 Å². The quantitative estimate of drug-likeness (QED) is 0.780. The average molecular weight is 296 g/mol. The number of anilines is 1. The van der Waals surface area contributed by atoms with E-state index in [1.165, 1.54) is 24.2 Å². The summed E-state index contributed by atoms with van der Waals surface area (Å²) in [4.78, 5) is 24.5. The maximum absolute atomic E-state index is 12.2. The van der Waals surface area contributed by atoms with Crippen molar-refractivity contribution in [3.63, 3.8) is 0 Å². The third-order valence-electron chi connectivity index (χ3n) is 2.81. The number of pyridine rings is 1. The summed E-state index contributed by atoms with van der Waals surface area (Å²) in [7, 11) is 1.46. The molecule has 8 heteroatoms. The first-order valence-electron chi connectivity index (χ1n) is 6.40. The lowest BCUT2D eigenvalue weighted by molar-refractivity contribution is 0.102. The number of nitrogens with one attached hydrogen (secondary N) is 1. The van der Waals surface area contributed by atoms with Gasteiger partial charge in [0.25, 0.3) is 11.9 Å². The van der Waals surface area contributed by atoms with E-state index in [1.54, 1.807) is 36.8 Å². The van der Waals surface area contributed by atoms with E-state index in [-0.39, 0.29) is 11.8 Å². The van der Waals surface area contributed by atoms with Crippen LogP contribution in [0.2, 0.25) is 0 Å². The molecule has 3 rings (SSSR count). The van der Waals surface area contributed by atoms with E-state index < -0.39 is 0 Å². The molecule has 0 saturated carbocycles. The van der Waals surface area contributed by atoms with Gasteiger partial charge >= 0.3 is 0 Å². The summed E-state index contributed by atoms with van der Waals surface area (Å²) in [6, 6.07) is 5.06. The van der Waals surface area contributed by atoms with Crippen LogP contribution in [0.15, 0.2) is 49.2 Å². The number of ether oxygens (including phenoxy) is 1. The van der Waals surface area contributed by atoms with Gasteiger partial charge in [0.05, 0.1) is 25.2 Å². The molecular weight excluding hydrogens is 284 g/mol. The molecule has 1 N–H and O–H groups in total. The summed E-state index contributed by atoms with van der Waals surface area (Å²) in [6.07, 6.45) is 7.93. The molecule has 3 heterocycles. The highest BCUT2D eigenvalue weighted by atomic mass is 16.5. The molecule has 0 bridgehead atoms. The molecule has 0 aliphatic carbocycles. The fourth-order valence-electron chi connectivity index (χ4n) is 1.82. The number of hydrogen-bond donors (Lipinski definition) is 1. The number of nitrogens with zero attached hydrogens (tertiary/aromatic N) is 5. The van der Waals surface area contributed by atoms with E-state index in [1.807, 2.05) is 0 Å². The van der Waals surface area contributed by atoms with E-state index in [0.29, 0.717) is 17.2 Å². The van der Waals surface area contributed by atoms with E-state index in [0.717, 1.165) is 0 Å². The van der Waals surface area contributed by atoms with Crippen LogP contribution in [-0.4, -0.2) is 37.7 Å². The summed E-state index contributed by atoms with van der Waals surface area (Å²) in [5.41, 5.74) is 0.799. The normalized spacial score (nSPS) is 10.2. The second-order valence-corrected chi connectivity index (χ2v) is 4.24. The van der Waals surface area contributed by atoms with Gasteiger partial charge in [-0.1, -0.05) is 0 Å². The van der Waals surface area contributed by atoms with Gasteiger partial charge in [0, 0.05) is 18.6 Å². The third-order valence-corrected chi connectivity index (χ3v) is 2.81. The highest BCUT2D eigenvalue weighted by Gasteiger charge is 2.13. The Hall–Kier alpha value is -3.29. The smallest absolute Gasteiger partial charge is 0.261 e. The van der Waals surface area contributed by atoms with Gasteiger partial charge in [-0.15, -0.1) is 0 Å². The fourth-order valence-corrected chi connectivity index (χ4v) is 1.82. The number of rotatable bonds is 4. The average Bonchev–Trinajstić information content (AvgIpc) is 3.10. The van der Waals surface area contributed by atoms with Crippen LogP contribution >= 0.6 is 0 Å². The SMILES string of the molecule is COc1ncccc1C(=O)Nc1cnc(-n2cccn2)nc1. The van der Waals surface area contributed by atoms with Crippen LogP contribution in [0.4, 0.5) is 5.69 Å². The Bertz CT molecular complexity index is 770. The molecule has 3 aromatic heterocycles. The molecular formula is C14H12N6O2. The Morgan fingerprint density at radius 3 is 2.68 bits per heavy atom. The number of aromatic nitrogens is 5. The third kappa shape index (κ3) is 2.75. The van der Waals surface area contributed by atoms with Crippen LogP contribution in [-0.2, 0) is 0 Å². The Kier molecular flexibility index (Phi) is 3.73. The maximum atomic E-state index is 12.2. The van der Waals surface area contributed by atoms with Crippen molar-refractivity contribution in [3.05, 3.63) is 54.7 Å². The number of amides is 1. The number of methoxy groups -OCH3 is 1. The van der Waals surface area contributed by atoms with Gasteiger partial charge in [-0.2, -0.15) is 5.10 Å². The van der Waals surface area contributed by atoms with Crippen molar-refractivity contribution in [2.45, 2.75) is 0 Å². The summed E-state index contributed by atoms with van der Waals surface area (Å²) in [5.74, 6) is 0.330. The van der Waals surface area contributed by atoms with Gasteiger partial charge in [-0.25, -0.2) is 19.6 Å². The van der Waals surface area contributed by atoms with Gasteiger partial charge in [-0.05, 0) is 18.2 Å². The van der Waals surface area contributed by atoms with Crippen molar-refractivity contribution in [2.75, 3.05) is 12.4 Å². The lowest BCUT2D eigenvalue weighted by atomic mass is 10.2. The Morgan fingerprint density at radius 2 is 2.00 bits per heavy atom. The van der Waals surface area contributed by atoms with E-state index >= 15 is 0 Å². The first-order valence-corrected chi connectivity index (χ1v) is 6.40. The molecule has 0 atom stereocenters. The molecule has 1 amide bonds. The summed E-state index contributed by atoms with van der Waals surface area (Å²) in [5, 5.41) is 6.72. The van der Waals surface area contributed by atoms with Crippen LogP contribution in [0.5, 0.6) is 5.88 Å². The fraction of sp³-hybridized carbons (Fsp3) is 0.0714. The standard InChI is InChI=1S/C14H12N6O2/c1-22-13-11(4-2-5-15-13)12(21)19-10-8-16-14(17-9-10)20-7-3-6-18-20/h2-9H,1H3,(H,19,21). The van der Waals surface area contributed by atoms with Crippen molar-refractivity contribution in [1.29, 1.82) is 0 Å². The molecule has 110 valence electrons. The van der Waals surface area contributed by atoms with Gasteiger partial charge in [0.15, 0.2) is 0 Å². The molecule has 0 radical (unpaired) electrons. The monoisotopic (exact) mass is 296 g/mol. The van der Waals surface area contributed by atoms with Gasteiger partial charge in [0.2, 0.25) is 5.88 Å². The van der Waals surface area contributed by atoms with Gasteiger partial charge < -0.3 is 10.1 Å². The molecule has 0 spiro atoms. The van der Waals surface area contributed by atoms with Crippen LogP contribution in [0.1, 0.15) is 10.4 Å². The predicted molar refractivity (Wildman–Crippen MR) is 77.9 cm³/mol. The largest absolute Gasteiger partial charge is 0.480 e. The maximum Gasteiger partial charge on any atom is 0.261 e. The lowest BCUT2D eigenvalue weighted by Crippen LogP contribution is -2.14. The summed E-state index contributed by atoms with van der Waals surface area (Å²) < 4.78 is 6.58. The molecule has 0 aliphatic rings. The highest BCUT2D eigenvalue weighted by molar-refractivity contribution is 6.05. The second kappa shape index (κ2) is 6.00. The Balaban J connectivity index is 1.77. The molecule has 0 saturated heterocycles. The Labute approximate surface area is 125 Å². The van der Waals surface area contributed by atoms with E-state index in [2.05, 4.69) is 25.4 Å². The molecule has 0 aromatic carbocycles. The molecule has 3 aromatic rings. The molecule has 0 aliphatic heterocycles. The summed E-state index contributed by atoms with van der Waals surface area (Å²) in [6.45, 7) is 0. The zero-order valence-corrected chi connectivity index (χ0v) is 11.7. The zero-order chi connectivity index (χ0) is 15.4. The molecule has 8 nitrogen and oxygen atoms in total. The van der Waals surface area contributed by atoms with Crippen LogP contribution in [0.3, 0.4) is 0 Å². The minimum Gasteiger partial charge on any atom is -0.480 e. The van der Waals surface area contributed by atoms with Crippen molar-refractivity contribution < 1.29 is 9.53 Å². The Morgan fingerprint density at radius 1 is 1.18 bits per heavy atom. The topological polar surface area (TPSA) is 94.8 Å². The van der Waals surface area contributed by atoms with E-state index in [9.17, 15) is 4.79 Å². The van der Waals surface area contributed by atoms with Crippen LogP contribution in [0.25, 0.3) is 5.95 Å². The summed E-state index contributed by atoms with van der Waals surface area (Å²) >= 11 is 0. The van der Waals surface area contributed by atoms with E-state index in [4.69, 9.17) is 4.74 Å². The minimum atomic E-state index is -0.347. The van der Waals surface area contributed by atoms with Crippen LogP contribution < -0.4 is 10.1 Å². The number of carbonyl (C=O) groups is 1. The molecule has 0 fully saturated rings. The van der Waals surface area contributed by atoms with Gasteiger partial charge in [0.1, 0.15) is 5.56 Å². The molecule has 22 heavy (non-hydrogen) atoms. The second-order valence-electron chi connectivity index (χ2n) is 4.24. The van der Waals surface area contributed by atoms with Crippen molar-refractivity contribution in [1.82, 2.24) is 24.7 Å². The lowest BCUT2D eigenvalue weighted by Gasteiger charge is -2.08. The highest BCUT2D eigenvalue weighted by Crippen LogP contribution is 2.15. The van der Waals surface area contributed by atoms with Crippen molar-refractivity contribution >= 4 is 11.6 Å². The number of carbonyl (C=O) groups excluding carboxylic acids is 1. The zero-order valence-electron chi connectivity index (χ0n) is 11.7. The number of hydrogen-bond acceptors (Lipinski definition) is 6. The predicted octanol–water partition coefficient (Wildman–Crippen LogP) is 1.32. The van der Waals surface area contributed by atoms with Gasteiger partial charge in [-0.3, -0.25) is 4.79 Å². The molecule has 0 unspecified atom stereocenters. The first kappa shape index (κ1) is 13.7. The van der Waals surface area contributed by atoms with Crippen molar-refractivity contribution in [2.24, 2.45) is 0 Å². The first-order chi connectivity index (χ1) is 10.8.